The molecule has 0 fully saturated rings. The summed E-state index contributed by atoms with van der Waals surface area (Å²) in [4.78, 5) is 16.7. The van der Waals surface area contributed by atoms with Gasteiger partial charge >= 0.3 is 0 Å². The highest BCUT2D eigenvalue weighted by molar-refractivity contribution is 5.78. The number of hydrogen-bond donors (Lipinski definition) is 0. The van der Waals surface area contributed by atoms with Crippen molar-refractivity contribution in [2.24, 2.45) is 5.92 Å². The molecule has 0 aliphatic rings. The van der Waals surface area contributed by atoms with Crippen molar-refractivity contribution in [1.82, 2.24) is 4.98 Å². The van der Waals surface area contributed by atoms with E-state index in [2.05, 4.69) is 44.0 Å². The number of unbranched alkanes of at least 4 members (excludes halogenated alkanes) is 3. The SMILES string of the molecule is CCCCCCOc1ccccc1-c1ccc(CCCC(=O)CC(C)CC)cn1. The van der Waals surface area contributed by atoms with Gasteiger partial charge in [-0.05, 0) is 48.9 Å². The monoisotopic (exact) mass is 395 g/mol. The van der Waals surface area contributed by atoms with E-state index in [1.165, 1.54) is 24.8 Å². The molecule has 0 radical (unpaired) electrons. The largest absolute Gasteiger partial charge is 0.493 e. The number of carbonyl (C=O) groups is 1. The van der Waals surface area contributed by atoms with Crippen molar-refractivity contribution in [3.63, 3.8) is 0 Å². The Kier molecular flexibility index (Phi) is 10.5. The lowest BCUT2D eigenvalue weighted by molar-refractivity contribution is -0.119. The molecule has 1 heterocycles. The molecule has 1 atom stereocenters. The van der Waals surface area contributed by atoms with E-state index in [-0.39, 0.29) is 0 Å². The summed E-state index contributed by atoms with van der Waals surface area (Å²) in [5, 5.41) is 0. The smallest absolute Gasteiger partial charge is 0.133 e. The summed E-state index contributed by atoms with van der Waals surface area (Å²) in [6.45, 7) is 7.25. The minimum Gasteiger partial charge on any atom is -0.493 e. The Bertz CT molecular complexity index is 724. The second kappa shape index (κ2) is 13.1. The van der Waals surface area contributed by atoms with Crippen LogP contribution in [0.4, 0.5) is 0 Å². The summed E-state index contributed by atoms with van der Waals surface area (Å²) in [6.07, 6.45) is 11.0. The second-order valence-electron chi connectivity index (χ2n) is 8.07. The lowest BCUT2D eigenvalue weighted by atomic mass is 9.98. The van der Waals surface area contributed by atoms with E-state index in [0.29, 0.717) is 24.5 Å². The lowest BCUT2D eigenvalue weighted by Crippen LogP contribution is -2.05. The predicted molar refractivity (Wildman–Crippen MR) is 121 cm³/mol. The zero-order valence-corrected chi connectivity index (χ0v) is 18.5. The molecular formula is C26H37NO2. The van der Waals surface area contributed by atoms with Gasteiger partial charge in [0.15, 0.2) is 0 Å². The van der Waals surface area contributed by atoms with Gasteiger partial charge in [-0.1, -0.05) is 64.7 Å². The van der Waals surface area contributed by atoms with E-state index in [0.717, 1.165) is 49.3 Å². The van der Waals surface area contributed by atoms with E-state index in [1.54, 1.807) is 0 Å². The van der Waals surface area contributed by atoms with Crippen molar-refractivity contribution in [2.45, 2.75) is 78.6 Å². The van der Waals surface area contributed by atoms with Crippen LogP contribution < -0.4 is 4.74 Å². The van der Waals surface area contributed by atoms with Crippen LogP contribution in [0.15, 0.2) is 42.6 Å². The minimum atomic E-state index is 0.383. The number of rotatable bonds is 14. The fourth-order valence-corrected chi connectivity index (χ4v) is 3.37. The number of pyridine rings is 1. The van der Waals surface area contributed by atoms with Crippen LogP contribution in [-0.2, 0) is 11.2 Å². The van der Waals surface area contributed by atoms with Gasteiger partial charge in [0.1, 0.15) is 11.5 Å². The summed E-state index contributed by atoms with van der Waals surface area (Å²) in [7, 11) is 0. The van der Waals surface area contributed by atoms with E-state index < -0.39 is 0 Å². The zero-order chi connectivity index (χ0) is 20.9. The number of carbonyl (C=O) groups excluding carboxylic acids is 1. The molecule has 0 aliphatic carbocycles. The molecule has 0 amide bonds. The molecule has 0 spiro atoms. The number of ketones is 1. The molecule has 1 aromatic heterocycles. The van der Waals surface area contributed by atoms with Crippen molar-refractivity contribution < 1.29 is 9.53 Å². The van der Waals surface area contributed by atoms with E-state index in [1.807, 2.05) is 24.4 Å². The number of nitrogens with zero attached hydrogens (tertiary/aromatic N) is 1. The molecule has 0 saturated carbocycles. The van der Waals surface area contributed by atoms with Crippen LogP contribution in [0.3, 0.4) is 0 Å². The number of benzene rings is 1. The summed E-state index contributed by atoms with van der Waals surface area (Å²) < 4.78 is 6.02. The van der Waals surface area contributed by atoms with Gasteiger partial charge in [0.2, 0.25) is 0 Å². The Morgan fingerprint density at radius 2 is 1.86 bits per heavy atom. The maximum atomic E-state index is 12.0. The van der Waals surface area contributed by atoms with E-state index in [4.69, 9.17) is 4.74 Å². The fraction of sp³-hybridized carbons (Fsp3) is 0.538. The van der Waals surface area contributed by atoms with Crippen molar-refractivity contribution in [3.8, 4) is 17.0 Å². The molecule has 0 N–H and O–H groups in total. The molecule has 0 saturated heterocycles. The minimum absolute atomic E-state index is 0.383. The van der Waals surface area contributed by atoms with Crippen molar-refractivity contribution in [2.75, 3.05) is 6.61 Å². The summed E-state index contributed by atoms with van der Waals surface area (Å²) >= 11 is 0. The molecule has 2 aromatic rings. The third-order valence-corrected chi connectivity index (χ3v) is 5.44. The maximum absolute atomic E-state index is 12.0. The zero-order valence-electron chi connectivity index (χ0n) is 18.5. The standard InChI is InChI=1S/C26H37NO2/c1-4-6-7-10-18-29-26-15-9-8-14-24(26)25-17-16-22(20-27-25)12-11-13-23(28)19-21(3)5-2/h8-9,14-17,20-21H,4-7,10-13,18-19H2,1-3H3. The number of hydrogen-bond acceptors (Lipinski definition) is 3. The first kappa shape index (κ1) is 23.1. The third-order valence-electron chi connectivity index (χ3n) is 5.44. The van der Waals surface area contributed by atoms with Gasteiger partial charge in [0, 0.05) is 24.6 Å². The van der Waals surface area contributed by atoms with Crippen LogP contribution in [0.1, 0.15) is 77.7 Å². The second-order valence-corrected chi connectivity index (χ2v) is 8.07. The number of Topliss-reactive ketones (excluding diaryl/α,β-unsaturated/α-hetero) is 1. The number of aryl methyl sites for hydroxylation is 1. The molecule has 3 heteroatoms. The fourth-order valence-electron chi connectivity index (χ4n) is 3.37. The first-order valence-electron chi connectivity index (χ1n) is 11.3. The van der Waals surface area contributed by atoms with Crippen LogP contribution in [0, 0.1) is 5.92 Å². The average molecular weight is 396 g/mol. The highest BCUT2D eigenvalue weighted by Crippen LogP contribution is 2.28. The average Bonchev–Trinajstić information content (AvgIpc) is 2.74. The molecule has 0 bridgehead atoms. The molecule has 1 unspecified atom stereocenters. The van der Waals surface area contributed by atoms with Gasteiger partial charge in [-0.25, -0.2) is 0 Å². The molecule has 2 rings (SSSR count). The van der Waals surface area contributed by atoms with Crippen LogP contribution in [0.2, 0.25) is 0 Å². The molecule has 1 aromatic carbocycles. The summed E-state index contributed by atoms with van der Waals surface area (Å²) in [5.41, 5.74) is 3.16. The number of para-hydroxylation sites is 1. The molecule has 3 nitrogen and oxygen atoms in total. The maximum Gasteiger partial charge on any atom is 0.133 e. The molecular weight excluding hydrogens is 358 g/mol. The van der Waals surface area contributed by atoms with E-state index >= 15 is 0 Å². The molecule has 0 aliphatic heterocycles. The van der Waals surface area contributed by atoms with Crippen molar-refractivity contribution in [3.05, 3.63) is 48.2 Å². The Balaban J connectivity index is 1.87. The van der Waals surface area contributed by atoms with Crippen molar-refractivity contribution in [1.29, 1.82) is 0 Å². The third kappa shape index (κ3) is 8.39. The normalized spacial score (nSPS) is 12.0. The van der Waals surface area contributed by atoms with Crippen LogP contribution in [-0.4, -0.2) is 17.4 Å². The Morgan fingerprint density at radius 3 is 2.59 bits per heavy atom. The Morgan fingerprint density at radius 1 is 1.03 bits per heavy atom. The lowest BCUT2D eigenvalue weighted by Gasteiger charge is -2.11. The van der Waals surface area contributed by atoms with Gasteiger partial charge in [-0.15, -0.1) is 0 Å². The topological polar surface area (TPSA) is 39.2 Å². The summed E-state index contributed by atoms with van der Waals surface area (Å²) in [5.74, 6) is 1.78. The summed E-state index contributed by atoms with van der Waals surface area (Å²) in [6, 6.07) is 12.3. The van der Waals surface area contributed by atoms with Gasteiger partial charge in [-0.3, -0.25) is 9.78 Å². The highest BCUT2D eigenvalue weighted by atomic mass is 16.5. The van der Waals surface area contributed by atoms with Crippen LogP contribution in [0.25, 0.3) is 11.3 Å². The number of aromatic nitrogens is 1. The first-order valence-corrected chi connectivity index (χ1v) is 11.3. The van der Waals surface area contributed by atoms with Gasteiger partial charge in [-0.2, -0.15) is 0 Å². The van der Waals surface area contributed by atoms with Gasteiger partial charge < -0.3 is 4.74 Å². The first-order chi connectivity index (χ1) is 14.1. The highest BCUT2D eigenvalue weighted by Gasteiger charge is 2.09. The Labute approximate surface area is 176 Å². The van der Waals surface area contributed by atoms with Gasteiger partial charge in [0.05, 0.1) is 12.3 Å². The van der Waals surface area contributed by atoms with Crippen LogP contribution in [0.5, 0.6) is 5.75 Å². The quantitative estimate of drug-likeness (QED) is 0.322. The predicted octanol–water partition coefficient (Wildman–Crippen LogP) is 7.04. The Hall–Kier alpha value is -2.16. The van der Waals surface area contributed by atoms with E-state index in [9.17, 15) is 4.79 Å². The molecule has 158 valence electrons. The number of ether oxygens (including phenoxy) is 1. The molecule has 29 heavy (non-hydrogen) atoms. The van der Waals surface area contributed by atoms with Crippen molar-refractivity contribution >= 4 is 5.78 Å². The van der Waals surface area contributed by atoms with Gasteiger partial charge in [0.25, 0.3) is 0 Å². The van der Waals surface area contributed by atoms with Crippen LogP contribution >= 0.6 is 0 Å².